The van der Waals surface area contributed by atoms with Crippen LogP contribution in [0.15, 0.2) is 48.5 Å². The maximum absolute atomic E-state index is 12.4. The lowest BCUT2D eigenvalue weighted by molar-refractivity contribution is -0.155. The van der Waals surface area contributed by atoms with Crippen LogP contribution >= 0.6 is 0 Å². The lowest BCUT2D eigenvalue weighted by Gasteiger charge is -2.30. The van der Waals surface area contributed by atoms with Crippen molar-refractivity contribution in [1.82, 2.24) is 4.90 Å². The van der Waals surface area contributed by atoms with Crippen molar-refractivity contribution < 1.29 is 24.2 Å². The molecule has 0 bridgehead atoms. The SMILES string of the molecule is O=C(O)[C@@H]1CN(C(=O)OCC2c3ccccc3-c3ccccc32)CCO1. The summed E-state index contributed by atoms with van der Waals surface area (Å²) in [5, 5.41) is 9.06. The van der Waals surface area contributed by atoms with Crippen LogP contribution in [0.5, 0.6) is 0 Å². The van der Waals surface area contributed by atoms with E-state index >= 15 is 0 Å². The quantitative estimate of drug-likeness (QED) is 0.918. The highest BCUT2D eigenvalue weighted by atomic mass is 16.6. The van der Waals surface area contributed by atoms with Crippen molar-refractivity contribution in [3.8, 4) is 11.1 Å². The number of carboxylic acid groups (broad SMARTS) is 1. The Hall–Kier alpha value is -2.86. The summed E-state index contributed by atoms with van der Waals surface area (Å²) in [5.74, 6) is -1.08. The first-order valence-corrected chi connectivity index (χ1v) is 8.59. The molecule has 134 valence electrons. The molecule has 1 N–H and O–H groups in total. The van der Waals surface area contributed by atoms with Crippen molar-refractivity contribution in [2.45, 2.75) is 12.0 Å². The predicted molar refractivity (Wildman–Crippen MR) is 94.0 cm³/mol. The van der Waals surface area contributed by atoms with E-state index in [9.17, 15) is 9.59 Å². The maximum Gasteiger partial charge on any atom is 0.409 e. The van der Waals surface area contributed by atoms with Crippen LogP contribution < -0.4 is 0 Å². The third-order valence-electron chi connectivity index (χ3n) is 4.94. The van der Waals surface area contributed by atoms with Gasteiger partial charge in [-0.15, -0.1) is 0 Å². The number of hydrogen-bond donors (Lipinski definition) is 1. The van der Waals surface area contributed by atoms with Crippen LogP contribution in [0.1, 0.15) is 17.0 Å². The van der Waals surface area contributed by atoms with E-state index in [1.807, 2.05) is 24.3 Å². The molecule has 0 aromatic heterocycles. The average Bonchev–Trinajstić information content (AvgIpc) is 3.00. The molecule has 0 spiro atoms. The molecule has 1 fully saturated rings. The van der Waals surface area contributed by atoms with E-state index in [1.54, 1.807) is 0 Å². The number of nitrogens with zero attached hydrogens (tertiary/aromatic N) is 1. The first-order chi connectivity index (χ1) is 12.6. The minimum absolute atomic E-state index is 0.00596. The minimum Gasteiger partial charge on any atom is -0.479 e. The second-order valence-corrected chi connectivity index (χ2v) is 6.45. The van der Waals surface area contributed by atoms with Gasteiger partial charge in [-0.1, -0.05) is 48.5 Å². The highest BCUT2D eigenvalue weighted by molar-refractivity contribution is 5.79. The zero-order chi connectivity index (χ0) is 18.1. The summed E-state index contributed by atoms with van der Waals surface area (Å²) in [6.45, 7) is 0.760. The third kappa shape index (κ3) is 2.93. The molecule has 26 heavy (non-hydrogen) atoms. The number of fused-ring (bicyclic) bond motifs is 3. The van der Waals surface area contributed by atoms with Gasteiger partial charge in [0.15, 0.2) is 6.10 Å². The minimum atomic E-state index is -1.07. The smallest absolute Gasteiger partial charge is 0.409 e. The highest BCUT2D eigenvalue weighted by Crippen LogP contribution is 2.44. The molecule has 1 atom stereocenters. The summed E-state index contributed by atoms with van der Waals surface area (Å²) in [5.41, 5.74) is 4.63. The summed E-state index contributed by atoms with van der Waals surface area (Å²) >= 11 is 0. The number of amides is 1. The molecule has 6 heteroatoms. The Balaban J connectivity index is 1.48. The van der Waals surface area contributed by atoms with Gasteiger partial charge in [-0.2, -0.15) is 0 Å². The van der Waals surface area contributed by atoms with Crippen molar-refractivity contribution in [1.29, 1.82) is 0 Å². The van der Waals surface area contributed by atoms with Crippen molar-refractivity contribution in [3.05, 3.63) is 59.7 Å². The van der Waals surface area contributed by atoms with Crippen LogP contribution in [0.25, 0.3) is 11.1 Å². The molecule has 6 nitrogen and oxygen atoms in total. The van der Waals surface area contributed by atoms with Gasteiger partial charge >= 0.3 is 12.1 Å². The van der Waals surface area contributed by atoms with E-state index in [2.05, 4.69) is 24.3 Å². The van der Waals surface area contributed by atoms with Gasteiger partial charge in [-0.3, -0.25) is 0 Å². The Kier molecular flexibility index (Phi) is 4.34. The molecule has 0 radical (unpaired) electrons. The molecule has 2 aromatic rings. The highest BCUT2D eigenvalue weighted by Gasteiger charge is 2.32. The first-order valence-electron chi connectivity index (χ1n) is 8.59. The number of ether oxygens (including phenoxy) is 2. The molecule has 1 aliphatic heterocycles. The Morgan fingerprint density at radius 1 is 1.08 bits per heavy atom. The Bertz CT molecular complexity index is 804. The van der Waals surface area contributed by atoms with Gasteiger partial charge in [0.25, 0.3) is 0 Å². The first kappa shape index (κ1) is 16.6. The van der Waals surface area contributed by atoms with E-state index in [1.165, 1.54) is 16.0 Å². The van der Waals surface area contributed by atoms with Crippen LogP contribution in [-0.2, 0) is 14.3 Å². The zero-order valence-electron chi connectivity index (χ0n) is 14.1. The van der Waals surface area contributed by atoms with Gasteiger partial charge < -0.3 is 19.5 Å². The van der Waals surface area contributed by atoms with E-state index in [-0.39, 0.29) is 25.7 Å². The van der Waals surface area contributed by atoms with Crippen LogP contribution in [0, 0.1) is 0 Å². The van der Waals surface area contributed by atoms with E-state index in [0.717, 1.165) is 11.1 Å². The van der Waals surface area contributed by atoms with Crippen molar-refractivity contribution in [3.63, 3.8) is 0 Å². The number of aliphatic carboxylic acids is 1. The predicted octanol–water partition coefficient (Wildman–Crippen LogP) is 2.72. The van der Waals surface area contributed by atoms with Gasteiger partial charge in [0.1, 0.15) is 6.61 Å². The lowest BCUT2D eigenvalue weighted by atomic mass is 9.98. The summed E-state index contributed by atoms with van der Waals surface area (Å²) < 4.78 is 10.7. The van der Waals surface area contributed by atoms with Crippen molar-refractivity contribution >= 4 is 12.1 Å². The summed E-state index contributed by atoms with van der Waals surface area (Å²) in [7, 11) is 0. The van der Waals surface area contributed by atoms with E-state index in [4.69, 9.17) is 14.6 Å². The molecule has 1 amide bonds. The van der Waals surface area contributed by atoms with E-state index < -0.39 is 18.2 Å². The van der Waals surface area contributed by atoms with Gasteiger partial charge in [0.05, 0.1) is 13.2 Å². The molecule has 0 saturated carbocycles. The van der Waals surface area contributed by atoms with Crippen molar-refractivity contribution in [2.75, 3.05) is 26.3 Å². The standard InChI is InChI=1S/C20H19NO5/c22-19(23)18-11-21(9-10-25-18)20(24)26-12-17-15-7-3-1-5-13(15)14-6-2-4-8-16(14)17/h1-8,17-18H,9-12H2,(H,22,23)/t18-/m0/s1. The molecule has 1 heterocycles. The molecule has 1 saturated heterocycles. The Morgan fingerprint density at radius 2 is 1.69 bits per heavy atom. The Morgan fingerprint density at radius 3 is 2.31 bits per heavy atom. The molecular weight excluding hydrogens is 334 g/mol. The van der Waals surface area contributed by atoms with Crippen LogP contribution in [0.3, 0.4) is 0 Å². The molecule has 4 rings (SSSR count). The number of carboxylic acids is 1. The number of rotatable bonds is 3. The van der Waals surface area contributed by atoms with Gasteiger partial charge in [0.2, 0.25) is 0 Å². The molecule has 1 aliphatic carbocycles. The molecule has 2 aliphatic rings. The second kappa shape index (κ2) is 6.80. The van der Waals surface area contributed by atoms with Crippen LogP contribution in [0.2, 0.25) is 0 Å². The Labute approximate surface area is 151 Å². The average molecular weight is 353 g/mol. The summed E-state index contributed by atoms with van der Waals surface area (Å²) in [6.07, 6.45) is -1.49. The third-order valence-corrected chi connectivity index (χ3v) is 4.94. The second-order valence-electron chi connectivity index (χ2n) is 6.45. The summed E-state index contributed by atoms with van der Waals surface area (Å²) in [6, 6.07) is 16.3. The number of hydrogen-bond acceptors (Lipinski definition) is 4. The largest absolute Gasteiger partial charge is 0.479 e. The van der Waals surface area contributed by atoms with Gasteiger partial charge in [-0.05, 0) is 22.3 Å². The maximum atomic E-state index is 12.4. The van der Waals surface area contributed by atoms with Crippen LogP contribution in [-0.4, -0.2) is 54.5 Å². The molecule has 2 aromatic carbocycles. The molecule has 0 unspecified atom stereocenters. The van der Waals surface area contributed by atoms with Gasteiger partial charge in [0, 0.05) is 12.5 Å². The fourth-order valence-corrected chi connectivity index (χ4v) is 3.65. The van der Waals surface area contributed by atoms with Crippen LogP contribution in [0.4, 0.5) is 4.79 Å². The fraction of sp³-hybridized carbons (Fsp3) is 0.300. The molecular formula is C20H19NO5. The van der Waals surface area contributed by atoms with E-state index in [0.29, 0.717) is 6.54 Å². The number of benzene rings is 2. The number of morpholine rings is 1. The lowest BCUT2D eigenvalue weighted by Crippen LogP contribution is -2.48. The monoisotopic (exact) mass is 353 g/mol. The fourth-order valence-electron chi connectivity index (χ4n) is 3.65. The van der Waals surface area contributed by atoms with Gasteiger partial charge in [-0.25, -0.2) is 9.59 Å². The van der Waals surface area contributed by atoms with Crippen molar-refractivity contribution in [2.24, 2.45) is 0 Å². The zero-order valence-corrected chi connectivity index (χ0v) is 14.1. The topological polar surface area (TPSA) is 76.1 Å². The number of carbonyl (C=O) groups excluding carboxylic acids is 1. The normalized spacial score (nSPS) is 18.9. The summed E-state index contributed by atoms with van der Waals surface area (Å²) in [4.78, 5) is 24.9. The number of carbonyl (C=O) groups is 2.